The molecular formula is C21H14. The van der Waals surface area contributed by atoms with Gasteiger partial charge in [0.05, 0.1) is 0 Å². The van der Waals surface area contributed by atoms with Crippen LogP contribution >= 0.6 is 0 Å². The minimum atomic E-state index is 1.17. The topological polar surface area (TPSA) is 0 Å². The maximum atomic E-state index is 3.71. The van der Waals surface area contributed by atoms with Gasteiger partial charge in [-0.25, -0.2) is 0 Å². The standard InChI is InChI=1S/C21H14/c1-2-6-15-9-5-10-16-11-12-19-13-17-7-3-4-8-18(17)14-20(19)21(15)16/h3-14H,1H2. The van der Waals surface area contributed by atoms with Gasteiger partial charge >= 0.3 is 0 Å². The molecule has 0 heteroatoms. The van der Waals surface area contributed by atoms with E-state index in [0.29, 0.717) is 0 Å². The Bertz CT molecular complexity index is 1030. The molecule has 0 fully saturated rings. The lowest BCUT2D eigenvalue weighted by molar-refractivity contribution is 1.74. The third kappa shape index (κ3) is 1.86. The van der Waals surface area contributed by atoms with Crippen molar-refractivity contribution in [2.75, 3.05) is 0 Å². The van der Waals surface area contributed by atoms with Gasteiger partial charge < -0.3 is 0 Å². The molecule has 0 heterocycles. The van der Waals surface area contributed by atoms with E-state index >= 15 is 0 Å². The Labute approximate surface area is 123 Å². The normalized spacial score (nSPS) is 10.9. The average Bonchev–Trinajstić information content (AvgIpc) is 2.53. The molecule has 4 rings (SSSR count). The molecule has 4 aromatic carbocycles. The van der Waals surface area contributed by atoms with Crippen molar-refractivity contribution in [1.29, 1.82) is 0 Å². The number of benzene rings is 4. The first-order valence-corrected chi connectivity index (χ1v) is 7.07. The summed E-state index contributed by atoms with van der Waals surface area (Å²) in [5, 5.41) is 7.63. The maximum absolute atomic E-state index is 3.71. The number of hydrogen-bond donors (Lipinski definition) is 0. The van der Waals surface area contributed by atoms with E-state index in [1.807, 2.05) is 6.08 Å². The fraction of sp³-hybridized carbons (Fsp3) is 0. The molecule has 0 N–H and O–H groups in total. The number of hydrogen-bond acceptors (Lipinski definition) is 0. The smallest absolute Gasteiger partial charge is 0.00264 e. The third-order valence-corrected chi connectivity index (χ3v) is 4.02. The molecule has 21 heavy (non-hydrogen) atoms. The summed E-state index contributed by atoms with van der Waals surface area (Å²) in [6, 6.07) is 23.8. The molecule has 98 valence electrons. The van der Waals surface area contributed by atoms with E-state index in [1.54, 1.807) is 0 Å². The van der Waals surface area contributed by atoms with Crippen molar-refractivity contribution in [3.05, 3.63) is 84.6 Å². The Morgan fingerprint density at radius 3 is 2.24 bits per heavy atom. The van der Waals surface area contributed by atoms with Gasteiger partial charge in [-0.05, 0) is 56.1 Å². The van der Waals surface area contributed by atoms with E-state index in [0.717, 1.165) is 0 Å². The van der Waals surface area contributed by atoms with Crippen LogP contribution in [0.4, 0.5) is 0 Å². The lowest BCUT2D eigenvalue weighted by Gasteiger charge is -2.08. The molecule has 0 aliphatic carbocycles. The Kier molecular flexibility index (Phi) is 2.64. The van der Waals surface area contributed by atoms with Crippen LogP contribution in [0.15, 0.2) is 79.0 Å². The molecule has 0 radical (unpaired) electrons. The zero-order chi connectivity index (χ0) is 14.2. The van der Waals surface area contributed by atoms with E-state index in [-0.39, 0.29) is 0 Å². The SMILES string of the molecule is C=C=Cc1cccc2ccc3cc4ccccc4cc3c12. The highest BCUT2D eigenvalue weighted by Crippen LogP contribution is 2.32. The van der Waals surface area contributed by atoms with Crippen molar-refractivity contribution in [2.45, 2.75) is 0 Å². The molecule has 0 aliphatic heterocycles. The van der Waals surface area contributed by atoms with Crippen LogP contribution in [-0.2, 0) is 0 Å². The van der Waals surface area contributed by atoms with Gasteiger partial charge in [-0.15, -0.1) is 5.73 Å². The highest BCUT2D eigenvalue weighted by atomic mass is 14.1. The van der Waals surface area contributed by atoms with Crippen molar-refractivity contribution in [1.82, 2.24) is 0 Å². The van der Waals surface area contributed by atoms with Crippen molar-refractivity contribution in [3.63, 3.8) is 0 Å². The zero-order valence-corrected chi connectivity index (χ0v) is 11.6. The second-order valence-electron chi connectivity index (χ2n) is 5.28. The van der Waals surface area contributed by atoms with Crippen molar-refractivity contribution < 1.29 is 0 Å². The van der Waals surface area contributed by atoms with Crippen LogP contribution in [0.3, 0.4) is 0 Å². The molecule has 0 amide bonds. The highest BCUT2D eigenvalue weighted by molar-refractivity contribution is 6.14. The molecule has 4 aromatic rings. The van der Waals surface area contributed by atoms with Crippen LogP contribution < -0.4 is 0 Å². The van der Waals surface area contributed by atoms with Crippen molar-refractivity contribution >= 4 is 38.4 Å². The molecule has 0 atom stereocenters. The van der Waals surface area contributed by atoms with Gasteiger partial charge in [-0.1, -0.05) is 61.2 Å². The van der Waals surface area contributed by atoms with Crippen LogP contribution in [0.5, 0.6) is 0 Å². The zero-order valence-electron chi connectivity index (χ0n) is 11.6. The van der Waals surface area contributed by atoms with Crippen LogP contribution in [0, 0.1) is 0 Å². The summed E-state index contributed by atoms with van der Waals surface area (Å²) in [5.41, 5.74) is 4.07. The van der Waals surface area contributed by atoms with Gasteiger partial charge in [0.2, 0.25) is 0 Å². The van der Waals surface area contributed by atoms with E-state index < -0.39 is 0 Å². The molecular weight excluding hydrogens is 252 g/mol. The molecule has 0 spiro atoms. The molecule has 0 aliphatic rings. The average molecular weight is 266 g/mol. The second kappa shape index (κ2) is 4.63. The predicted molar refractivity (Wildman–Crippen MR) is 92.6 cm³/mol. The summed E-state index contributed by atoms with van der Waals surface area (Å²) in [5.74, 6) is 0. The van der Waals surface area contributed by atoms with E-state index in [4.69, 9.17) is 0 Å². The minimum Gasteiger partial charge on any atom is -0.128 e. The van der Waals surface area contributed by atoms with Crippen LogP contribution in [0.2, 0.25) is 0 Å². The first-order chi connectivity index (χ1) is 10.4. The molecule has 0 saturated heterocycles. The van der Waals surface area contributed by atoms with Gasteiger partial charge in [0.1, 0.15) is 0 Å². The third-order valence-electron chi connectivity index (χ3n) is 4.02. The van der Waals surface area contributed by atoms with Crippen molar-refractivity contribution in [2.24, 2.45) is 0 Å². The summed E-state index contributed by atoms with van der Waals surface area (Å²) < 4.78 is 0. The van der Waals surface area contributed by atoms with Crippen molar-refractivity contribution in [3.8, 4) is 0 Å². The van der Waals surface area contributed by atoms with Gasteiger partial charge in [-0.2, -0.15) is 0 Å². The lowest BCUT2D eigenvalue weighted by Crippen LogP contribution is -1.83. The van der Waals surface area contributed by atoms with E-state index in [9.17, 15) is 0 Å². The molecule has 0 saturated carbocycles. The summed E-state index contributed by atoms with van der Waals surface area (Å²) in [6.07, 6.45) is 1.96. The minimum absolute atomic E-state index is 1.17. The predicted octanol–water partition coefficient (Wildman–Crippen LogP) is 5.94. The van der Waals surface area contributed by atoms with Crippen LogP contribution in [0.25, 0.3) is 38.4 Å². The summed E-state index contributed by atoms with van der Waals surface area (Å²) in [6.45, 7) is 3.71. The molecule has 0 aromatic heterocycles. The van der Waals surface area contributed by atoms with E-state index in [2.05, 4.69) is 79.0 Å². The van der Waals surface area contributed by atoms with Gasteiger partial charge in [0.15, 0.2) is 0 Å². The fourth-order valence-corrected chi connectivity index (χ4v) is 3.06. The summed E-state index contributed by atoms with van der Waals surface area (Å²) >= 11 is 0. The quantitative estimate of drug-likeness (QED) is 0.227. The largest absolute Gasteiger partial charge is 0.128 e. The molecule has 0 bridgehead atoms. The van der Waals surface area contributed by atoms with E-state index in [1.165, 1.54) is 37.9 Å². The van der Waals surface area contributed by atoms with Gasteiger partial charge in [0.25, 0.3) is 0 Å². The number of rotatable bonds is 1. The lowest BCUT2D eigenvalue weighted by atomic mass is 9.95. The first kappa shape index (κ1) is 12.0. The van der Waals surface area contributed by atoms with Gasteiger partial charge in [-0.3, -0.25) is 0 Å². The summed E-state index contributed by atoms with van der Waals surface area (Å²) in [4.78, 5) is 0. The Hall–Kier alpha value is -2.82. The van der Waals surface area contributed by atoms with Gasteiger partial charge in [0, 0.05) is 0 Å². The Morgan fingerprint density at radius 2 is 1.43 bits per heavy atom. The first-order valence-electron chi connectivity index (χ1n) is 7.07. The van der Waals surface area contributed by atoms with Crippen LogP contribution in [0.1, 0.15) is 5.56 Å². The maximum Gasteiger partial charge on any atom is -0.00264 e. The second-order valence-corrected chi connectivity index (χ2v) is 5.28. The summed E-state index contributed by atoms with van der Waals surface area (Å²) in [7, 11) is 0. The molecule has 0 nitrogen and oxygen atoms in total. The van der Waals surface area contributed by atoms with Crippen LogP contribution in [-0.4, -0.2) is 0 Å². The number of fused-ring (bicyclic) bond motifs is 4. The Balaban J connectivity index is 2.26. The highest BCUT2D eigenvalue weighted by Gasteiger charge is 2.05. The monoisotopic (exact) mass is 266 g/mol. The Morgan fingerprint density at radius 1 is 0.714 bits per heavy atom. The molecule has 0 unspecified atom stereocenters. The fourth-order valence-electron chi connectivity index (χ4n) is 3.06.